The van der Waals surface area contributed by atoms with E-state index in [1.165, 1.54) is 5.56 Å². The van der Waals surface area contributed by atoms with Crippen LogP contribution in [0.5, 0.6) is 0 Å². The Bertz CT molecular complexity index is 523. The first-order chi connectivity index (χ1) is 11.1. The van der Waals surface area contributed by atoms with Gasteiger partial charge in [-0.1, -0.05) is 23.7 Å². The van der Waals surface area contributed by atoms with Crippen molar-refractivity contribution in [2.45, 2.75) is 19.1 Å². The second-order valence-corrected chi connectivity index (χ2v) is 6.46. The average molecular weight is 339 g/mol. The van der Waals surface area contributed by atoms with Gasteiger partial charge in [0.1, 0.15) is 0 Å². The van der Waals surface area contributed by atoms with Gasteiger partial charge in [-0.15, -0.1) is 0 Å². The highest BCUT2D eigenvalue weighted by Crippen LogP contribution is 2.23. The van der Waals surface area contributed by atoms with Gasteiger partial charge in [0.25, 0.3) is 5.91 Å². The molecule has 6 heteroatoms. The van der Waals surface area contributed by atoms with Crippen molar-refractivity contribution in [3.05, 3.63) is 34.9 Å². The van der Waals surface area contributed by atoms with E-state index >= 15 is 0 Å². The Morgan fingerprint density at radius 2 is 1.87 bits per heavy atom. The fourth-order valence-corrected chi connectivity index (χ4v) is 3.24. The third-order valence-corrected chi connectivity index (χ3v) is 4.87. The van der Waals surface area contributed by atoms with Crippen molar-refractivity contribution in [2.24, 2.45) is 0 Å². The smallest absolute Gasteiger partial charge is 0.254 e. The molecule has 0 spiro atoms. The molecule has 2 atom stereocenters. The van der Waals surface area contributed by atoms with E-state index in [4.69, 9.17) is 21.1 Å². The molecule has 0 N–H and O–H groups in total. The van der Waals surface area contributed by atoms with Crippen molar-refractivity contribution in [3.63, 3.8) is 0 Å². The summed E-state index contributed by atoms with van der Waals surface area (Å²) in [5.41, 5.74) is 1.25. The van der Waals surface area contributed by atoms with Gasteiger partial charge in [-0.2, -0.15) is 0 Å². The summed E-state index contributed by atoms with van der Waals surface area (Å²) in [7, 11) is 0. The molecule has 23 heavy (non-hydrogen) atoms. The third kappa shape index (κ3) is 4.04. The van der Waals surface area contributed by atoms with Gasteiger partial charge in [-0.3, -0.25) is 9.69 Å². The second kappa shape index (κ2) is 7.62. The minimum absolute atomic E-state index is 0.0588. The highest BCUT2D eigenvalue weighted by atomic mass is 35.5. The molecule has 0 unspecified atom stereocenters. The normalized spacial score (nSPS) is 24.4. The van der Waals surface area contributed by atoms with Crippen LogP contribution in [0.25, 0.3) is 0 Å². The van der Waals surface area contributed by atoms with Crippen molar-refractivity contribution >= 4 is 17.5 Å². The highest BCUT2D eigenvalue weighted by molar-refractivity contribution is 6.30. The number of benzene rings is 1. The monoisotopic (exact) mass is 338 g/mol. The number of ether oxygens (including phenoxy) is 2. The molecular weight excluding hydrogens is 316 g/mol. The molecule has 1 aromatic rings. The van der Waals surface area contributed by atoms with Crippen molar-refractivity contribution in [3.8, 4) is 0 Å². The first kappa shape index (κ1) is 16.7. The van der Waals surface area contributed by atoms with Crippen molar-refractivity contribution in [2.75, 3.05) is 46.0 Å². The Labute approximate surface area is 142 Å². The zero-order valence-corrected chi connectivity index (χ0v) is 14.2. The summed E-state index contributed by atoms with van der Waals surface area (Å²) < 4.78 is 10.8. The van der Waals surface area contributed by atoms with E-state index < -0.39 is 6.10 Å². The number of piperazine rings is 1. The first-order valence-corrected chi connectivity index (χ1v) is 8.50. The van der Waals surface area contributed by atoms with E-state index in [0.29, 0.717) is 25.9 Å². The predicted octanol–water partition coefficient (Wildman–Crippen LogP) is 1.96. The molecule has 0 bridgehead atoms. The number of hydrogen-bond acceptors (Lipinski definition) is 4. The standard InChI is InChI=1S/C17H23ClN2O3/c1-13(14-2-4-15(18)5-3-14)19-6-8-20(9-7-19)17(21)16-12-22-10-11-23-16/h2-5,13,16H,6-12H2,1H3/t13-,16+/m1/s1. The number of amides is 1. The van der Waals surface area contributed by atoms with Gasteiger partial charge in [0, 0.05) is 37.2 Å². The van der Waals surface area contributed by atoms with Crippen LogP contribution < -0.4 is 0 Å². The molecule has 2 fully saturated rings. The van der Waals surface area contributed by atoms with Crippen LogP contribution in [0.1, 0.15) is 18.5 Å². The summed E-state index contributed by atoms with van der Waals surface area (Å²) in [6.07, 6.45) is -0.427. The van der Waals surface area contributed by atoms with Gasteiger partial charge in [-0.25, -0.2) is 0 Å². The van der Waals surface area contributed by atoms with Gasteiger partial charge < -0.3 is 14.4 Å². The Hall–Kier alpha value is -1.14. The van der Waals surface area contributed by atoms with Crippen LogP contribution in [0.15, 0.2) is 24.3 Å². The summed E-state index contributed by atoms with van der Waals surface area (Å²) in [5, 5.41) is 0.756. The SMILES string of the molecule is C[C@H](c1ccc(Cl)cc1)N1CCN(C(=O)[C@@H]2COCCO2)CC1. The van der Waals surface area contributed by atoms with E-state index in [9.17, 15) is 4.79 Å². The van der Waals surface area contributed by atoms with E-state index in [-0.39, 0.29) is 5.91 Å². The number of hydrogen-bond donors (Lipinski definition) is 0. The number of carbonyl (C=O) groups excluding carboxylic acids is 1. The fraction of sp³-hybridized carbons (Fsp3) is 0.588. The van der Waals surface area contributed by atoms with E-state index in [2.05, 4.69) is 24.0 Å². The first-order valence-electron chi connectivity index (χ1n) is 8.13. The third-order valence-electron chi connectivity index (χ3n) is 4.62. The Kier molecular flexibility index (Phi) is 5.54. The Morgan fingerprint density at radius 1 is 1.17 bits per heavy atom. The molecule has 0 aliphatic carbocycles. The topological polar surface area (TPSA) is 42.0 Å². The molecule has 3 rings (SSSR count). The zero-order chi connectivity index (χ0) is 16.2. The van der Waals surface area contributed by atoms with Crippen molar-refractivity contribution in [1.82, 2.24) is 9.80 Å². The van der Waals surface area contributed by atoms with E-state index in [0.717, 1.165) is 31.2 Å². The largest absolute Gasteiger partial charge is 0.376 e. The fourth-order valence-electron chi connectivity index (χ4n) is 3.12. The number of nitrogens with zero attached hydrogens (tertiary/aromatic N) is 2. The van der Waals surface area contributed by atoms with Gasteiger partial charge in [0.2, 0.25) is 0 Å². The van der Waals surface area contributed by atoms with Crippen molar-refractivity contribution in [1.29, 1.82) is 0 Å². The average Bonchev–Trinajstić information content (AvgIpc) is 2.62. The molecule has 1 amide bonds. The van der Waals surface area contributed by atoms with E-state index in [1.54, 1.807) is 0 Å². The minimum Gasteiger partial charge on any atom is -0.376 e. The molecule has 0 aromatic heterocycles. The summed E-state index contributed by atoms with van der Waals surface area (Å²) in [4.78, 5) is 16.7. The molecule has 5 nitrogen and oxygen atoms in total. The van der Waals surface area contributed by atoms with E-state index in [1.807, 2.05) is 17.0 Å². The van der Waals surface area contributed by atoms with Gasteiger partial charge in [-0.05, 0) is 24.6 Å². The lowest BCUT2D eigenvalue weighted by molar-refractivity contribution is -0.159. The van der Waals surface area contributed by atoms with Crippen LogP contribution in [-0.2, 0) is 14.3 Å². The summed E-state index contributed by atoms with van der Waals surface area (Å²) in [6, 6.07) is 8.30. The van der Waals surface area contributed by atoms with Crippen LogP contribution in [-0.4, -0.2) is 67.8 Å². The zero-order valence-electron chi connectivity index (χ0n) is 13.4. The molecule has 2 aliphatic rings. The second-order valence-electron chi connectivity index (χ2n) is 6.02. The predicted molar refractivity (Wildman–Crippen MR) is 88.6 cm³/mol. The molecule has 2 aliphatic heterocycles. The van der Waals surface area contributed by atoms with Gasteiger partial charge >= 0.3 is 0 Å². The summed E-state index contributed by atoms with van der Waals surface area (Å²) in [5.74, 6) is 0.0588. The molecule has 1 aromatic carbocycles. The van der Waals surface area contributed by atoms with Crippen LogP contribution >= 0.6 is 11.6 Å². The van der Waals surface area contributed by atoms with Crippen LogP contribution in [0.3, 0.4) is 0 Å². The molecule has 0 radical (unpaired) electrons. The van der Waals surface area contributed by atoms with Gasteiger partial charge in [0.15, 0.2) is 6.10 Å². The quantitative estimate of drug-likeness (QED) is 0.845. The summed E-state index contributed by atoms with van der Waals surface area (Å²) >= 11 is 5.95. The van der Waals surface area contributed by atoms with Crippen molar-refractivity contribution < 1.29 is 14.3 Å². The lowest BCUT2D eigenvalue weighted by Crippen LogP contribution is -2.53. The van der Waals surface area contributed by atoms with Gasteiger partial charge in [0.05, 0.1) is 19.8 Å². The maximum absolute atomic E-state index is 12.4. The molecule has 0 saturated carbocycles. The number of rotatable bonds is 3. The number of halogens is 1. The van der Waals surface area contributed by atoms with Crippen LogP contribution in [0.4, 0.5) is 0 Å². The highest BCUT2D eigenvalue weighted by Gasteiger charge is 2.31. The maximum atomic E-state index is 12.4. The minimum atomic E-state index is -0.427. The molecule has 2 heterocycles. The molecular formula is C17H23ClN2O3. The molecule has 126 valence electrons. The summed E-state index contributed by atoms with van der Waals surface area (Å²) in [6.45, 7) is 6.85. The lowest BCUT2D eigenvalue weighted by atomic mass is 10.1. The Balaban J connectivity index is 1.53. The molecule has 2 saturated heterocycles. The Morgan fingerprint density at radius 3 is 2.48 bits per heavy atom. The van der Waals surface area contributed by atoms with Crippen LogP contribution in [0, 0.1) is 0 Å². The lowest BCUT2D eigenvalue weighted by Gasteiger charge is -2.39. The maximum Gasteiger partial charge on any atom is 0.254 e. The van der Waals surface area contributed by atoms with Crippen LogP contribution in [0.2, 0.25) is 5.02 Å². The number of carbonyl (C=O) groups is 1.